The molecule has 0 aliphatic carbocycles. The van der Waals surface area contributed by atoms with E-state index in [1.54, 1.807) is 47.7 Å². The molecule has 0 radical (unpaired) electrons. The van der Waals surface area contributed by atoms with Gasteiger partial charge < -0.3 is 4.90 Å². The van der Waals surface area contributed by atoms with Crippen molar-refractivity contribution in [2.75, 3.05) is 6.54 Å². The molecular weight excluding hydrogens is 348 g/mol. The number of rotatable bonds is 3. The maximum atomic E-state index is 13.2. The van der Waals surface area contributed by atoms with Crippen LogP contribution in [0.3, 0.4) is 0 Å². The topological polar surface area (TPSA) is 60.1 Å². The lowest BCUT2D eigenvalue weighted by Crippen LogP contribution is -2.39. The Morgan fingerprint density at radius 2 is 2.15 bits per heavy atom. The molecule has 0 bridgehead atoms. The zero-order valence-corrected chi connectivity index (χ0v) is 15.6. The van der Waals surface area contributed by atoms with Gasteiger partial charge in [0.05, 0.1) is 23.5 Å². The van der Waals surface area contributed by atoms with Gasteiger partial charge in [0.15, 0.2) is 0 Å². The van der Waals surface area contributed by atoms with Gasteiger partial charge in [0, 0.05) is 36.9 Å². The third-order valence-electron chi connectivity index (χ3n) is 4.87. The van der Waals surface area contributed by atoms with E-state index in [4.69, 9.17) is 0 Å². The van der Waals surface area contributed by atoms with Gasteiger partial charge in [-0.15, -0.1) is 11.3 Å². The minimum absolute atomic E-state index is 0.0358. The zero-order chi connectivity index (χ0) is 18.3. The van der Waals surface area contributed by atoms with E-state index >= 15 is 0 Å². The number of amides is 1. The maximum Gasteiger partial charge on any atom is 0.255 e. The molecule has 3 aromatic heterocycles. The number of aryl methyl sites for hydroxylation is 1. The van der Waals surface area contributed by atoms with E-state index < -0.39 is 0 Å². The predicted octanol–water partition coefficient (Wildman–Crippen LogP) is 2.78. The maximum absolute atomic E-state index is 13.2. The zero-order valence-electron chi connectivity index (χ0n) is 14.8. The Bertz CT molecular complexity index is 1020. The lowest BCUT2D eigenvalue weighted by molar-refractivity contribution is 0.0656. The summed E-state index contributed by atoms with van der Waals surface area (Å²) in [4.78, 5) is 28.7. The van der Waals surface area contributed by atoms with Crippen LogP contribution >= 0.6 is 11.3 Å². The smallest absolute Gasteiger partial charge is 0.255 e. The van der Waals surface area contributed by atoms with Crippen LogP contribution < -0.4 is 5.56 Å². The normalized spacial score (nSPS) is 16.5. The summed E-state index contributed by atoms with van der Waals surface area (Å²) in [5, 5.41) is 6.21. The van der Waals surface area contributed by atoms with Crippen LogP contribution in [0.4, 0.5) is 0 Å². The van der Waals surface area contributed by atoms with E-state index in [0.29, 0.717) is 17.8 Å². The second kappa shape index (κ2) is 6.57. The molecule has 1 unspecified atom stereocenters. The Morgan fingerprint density at radius 3 is 2.88 bits per heavy atom. The van der Waals surface area contributed by atoms with Crippen molar-refractivity contribution in [1.82, 2.24) is 19.2 Å². The van der Waals surface area contributed by atoms with Crippen LogP contribution in [0.15, 0.2) is 47.0 Å². The van der Waals surface area contributed by atoms with Crippen molar-refractivity contribution in [1.29, 1.82) is 0 Å². The number of carbonyl (C=O) groups excluding carboxylic acids is 1. The molecule has 1 aliphatic rings. The minimum atomic E-state index is -0.180. The van der Waals surface area contributed by atoms with E-state index in [-0.39, 0.29) is 17.5 Å². The Balaban J connectivity index is 1.70. The fourth-order valence-corrected chi connectivity index (χ4v) is 4.52. The number of aromatic nitrogens is 3. The number of hydrogen-bond acceptors (Lipinski definition) is 4. The highest BCUT2D eigenvalue weighted by atomic mass is 32.1. The van der Waals surface area contributed by atoms with E-state index in [2.05, 4.69) is 23.5 Å². The van der Waals surface area contributed by atoms with Gasteiger partial charge in [0.1, 0.15) is 0 Å². The van der Waals surface area contributed by atoms with Crippen molar-refractivity contribution < 1.29 is 4.79 Å². The summed E-state index contributed by atoms with van der Waals surface area (Å²) in [6.45, 7) is 2.81. The highest BCUT2D eigenvalue weighted by molar-refractivity contribution is 7.10. The van der Waals surface area contributed by atoms with Gasteiger partial charge in [-0.3, -0.25) is 18.8 Å². The molecule has 4 heterocycles. The van der Waals surface area contributed by atoms with Crippen LogP contribution in [0.25, 0.3) is 5.69 Å². The third-order valence-corrected chi connectivity index (χ3v) is 5.87. The van der Waals surface area contributed by atoms with Gasteiger partial charge in [0.2, 0.25) is 0 Å². The molecule has 0 spiro atoms. The van der Waals surface area contributed by atoms with Crippen molar-refractivity contribution in [2.45, 2.75) is 25.8 Å². The first-order chi connectivity index (χ1) is 12.6. The molecule has 0 N–H and O–H groups in total. The molecule has 1 amide bonds. The quantitative estimate of drug-likeness (QED) is 0.714. The molecule has 0 saturated carbocycles. The van der Waals surface area contributed by atoms with Gasteiger partial charge in [-0.1, -0.05) is 6.92 Å². The SMILES string of the molecule is CCC1c2ccsc2CCN1C(=O)c1ccc(=O)n(-c2cnn(C)c2)c1. The summed E-state index contributed by atoms with van der Waals surface area (Å²) >= 11 is 1.77. The van der Waals surface area contributed by atoms with Crippen LogP contribution in [-0.4, -0.2) is 31.7 Å². The molecule has 4 rings (SSSR count). The van der Waals surface area contributed by atoms with Crippen molar-refractivity contribution in [3.05, 3.63) is 68.5 Å². The first-order valence-electron chi connectivity index (χ1n) is 8.67. The van der Waals surface area contributed by atoms with Crippen molar-refractivity contribution >= 4 is 17.2 Å². The summed E-state index contributed by atoms with van der Waals surface area (Å²) in [6, 6.07) is 5.29. The average Bonchev–Trinajstić information content (AvgIpc) is 3.29. The first kappa shape index (κ1) is 16.8. The first-order valence-corrected chi connectivity index (χ1v) is 9.55. The number of pyridine rings is 1. The van der Waals surface area contributed by atoms with E-state index in [1.165, 1.54) is 21.1 Å². The van der Waals surface area contributed by atoms with E-state index in [9.17, 15) is 9.59 Å². The van der Waals surface area contributed by atoms with Crippen LogP contribution in [0, 0.1) is 0 Å². The van der Waals surface area contributed by atoms with Gasteiger partial charge >= 0.3 is 0 Å². The Morgan fingerprint density at radius 1 is 1.31 bits per heavy atom. The van der Waals surface area contributed by atoms with Crippen LogP contribution in [-0.2, 0) is 13.5 Å². The molecule has 1 atom stereocenters. The summed E-state index contributed by atoms with van der Waals surface area (Å²) in [5.41, 5.74) is 2.25. The number of thiophene rings is 1. The Labute approximate surface area is 155 Å². The van der Waals surface area contributed by atoms with Crippen LogP contribution in [0.2, 0.25) is 0 Å². The fraction of sp³-hybridized carbons (Fsp3) is 0.316. The Hall–Kier alpha value is -2.67. The predicted molar refractivity (Wildman–Crippen MR) is 101 cm³/mol. The third kappa shape index (κ3) is 2.78. The molecule has 0 fully saturated rings. The van der Waals surface area contributed by atoms with Crippen LogP contribution in [0.5, 0.6) is 0 Å². The molecule has 26 heavy (non-hydrogen) atoms. The molecule has 3 aromatic rings. The lowest BCUT2D eigenvalue weighted by Gasteiger charge is -2.35. The molecule has 0 aromatic carbocycles. The standard InChI is InChI=1S/C19H20N4O2S/c1-3-16-15-7-9-26-17(15)6-8-22(16)19(25)13-4-5-18(24)23(11-13)14-10-20-21(2)12-14/h4-5,7,9-12,16H,3,6,8H2,1-2H3. The minimum Gasteiger partial charge on any atom is -0.331 e. The van der Waals surface area contributed by atoms with Gasteiger partial charge in [-0.25, -0.2) is 0 Å². The number of hydrogen-bond donors (Lipinski definition) is 0. The van der Waals surface area contributed by atoms with Crippen molar-refractivity contribution in [2.24, 2.45) is 7.05 Å². The number of carbonyl (C=O) groups is 1. The number of fused-ring (bicyclic) bond motifs is 1. The van der Waals surface area contributed by atoms with E-state index in [1.807, 2.05) is 4.90 Å². The van der Waals surface area contributed by atoms with Crippen molar-refractivity contribution in [3.8, 4) is 5.69 Å². The summed E-state index contributed by atoms with van der Waals surface area (Å²) < 4.78 is 3.10. The second-order valence-corrected chi connectivity index (χ2v) is 7.47. The summed E-state index contributed by atoms with van der Waals surface area (Å²) in [5.74, 6) is -0.0358. The average molecular weight is 368 g/mol. The van der Waals surface area contributed by atoms with E-state index in [0.717, 1.165) is 12.8 Å². The van der Waals surface area contributed by atoms with Crippen molar-refractivity contribution in [3.63, 3.8) is 0 Å². The van der Waals surface area contributed by atoms with Gasteiger partial charge in [0.25, 0.3) is 11.5 Å². The number of nitrogens with zero attached hydrogens (tertiary/aromatic N) is 4. The molecular formula is C19H20N4O2S. The lowest BCUT2D eigenvalue weighted by atomic mass is 9.97. The summed E-state index contributed by atoms with van der Waals surface area (Å²) in [6.07, 6.45) is 6.75. The monoisotopic (exact) mass is 368 g/mol. The molecule has 1 aliphatic heterocycles. The fourth-order valence-electron chi connectivity index (χ4n) is 3.59. The molecule has 7 heteroatoms. The summed E-state index contributed by atoms with van der Waals surface area (Å²) in [7, 11) is 1.79. The highest BCUT2D eigenvalue weighted by Crippen LogP contribution is 2.35. The molecule has 6 nitrogen and oxygen atoms in total. The van der Waals surface area contributed by atoms with Gasteiger partial charge in [-0.2, -0.15) is 5.10 Å². The molecule has 134 valence electrons. The molecule has 0 saturated heterocycles. The van der Waals surface area contributed by atoms with Gasteiger partial charge in [-0.05, 0) is 35.9 Å². The van der Waals surface area contributed by atoms with Crippen LogP contribution in [0.1, 0.15) is 40.2 Å². The second-order valence-electron chi connectivity index (χ2n) is 6.47. The highest BCUT2D eigenvalue weighted by Gasteiger charge is 2.31. The Kier molecular flexibility index (Phi) is 4.24. The largest absolute Gasteiger partial charge is 0.331 e.